The lowest BCUT2D eigenvalue weighted by molar-refractivity contribution is -0.132. The molecule has 0 bridgehead atoms. The molecule has 1 spiro atoms. The summed E-state index contributed by atoms with van der Waals surface area (Å²) in [7, 11) is 0. The number of carbonyl (C=O) groups is 1. The van der Waals surface area contributed by atoms with Crippen LogP contribution in [0, 0.1) is 11.2 Å². The van der Waals surface area contributed by atoms with Gasteiger partial charge in [0.05, 0.1) is 11.1 Å². The van der Waals surface area contributed by atoms with Crippen molar-refractivity contribution in [1.29, 1.82) is 0 Å². The Morgan fingerprint density at radius 1 is 1.38 bits per heavy atom. The molecule has 2 aliphatic rings. The largest absolute Gasteiger partial charge is 0.490 e. The minimum absolute atomic E-state index is 0.00380. The van der Waals surface area contributed by atoms with Gasteiger partial charge in [0.1, 0.15) is 18.2 Å². The molecule has 1 aliphatic carbocycles. The molecule has 0 unspecified atom stereocenters. The summed E-state index contributed by atoms with van der Waals surface area (Å²) in [4.78, 5) is 12.0. The third-order valence-electron chi connectivity index (χ3n) is 3.49. The third kappa shape index (κ3) is 1.29. The first-order valence-corrected chi connectivity index (χ1v) is 5.43. The van der Waals surface area contributed by atoms with Gasteiger partial charge in [0.25, 0.3) is 0 Å². The molecule has 16 heavy (non-hydrogen) atoms. The van der Waals surface area contributed by atoms with E-state index in [9.17, 15) is 9.18 Å². The molecule has 3 rings (SSSR count). The van der Waals surface area contributed by atoms with Gasteiger partial charge in [-0.1, -0.05) is 6.42 Å². The van der Waals surface area contributed by atoms with E-state index in [0.29, 0.717) is 18.0 Å². The average Bonchev–Trinajstić information content (AvgIpc) is 2.33. The van der Waals surface area contributed by atoms with E-state index in [1.165, 1.54) is 12.1 Å². The smallest absolute Gasteiger partial charge is 0.234 e. The molecule has 0 aromatic heterocycles. The number of nitrogens with one attached hydrogen (secondary N) is 1. The topological polar surface area (TPSA) is 38.3 Å². The lowest BCUT2D eigenvalue weighted by atomic mass is 9.69. The van der Waals surface area contributed by atoms with Gasteiger partial charge in [-0.05, 0) is 25.0 Å². The standard InChI is InChI=1S/C12H12FNO2/c13-8-2-3-9-10(6-8)16-7-12(4-1-5-12)11(15)14-9/h2-3,6H,1,4-5,7H2,(H,14,15). The van der Waals surface area contributed by atoms with Crippen molar-refractivity contribution in [1.82, 2.24) is 0 Å². The van der Waals surface area contributed by atoms with Crippen LogP contribution in [0.2, 0.25) is 0 Å². The predicted octanol–water partition coefficient (Wildman–Crippen LogP) is 2.33. The van der Waals surface area contributed by atoms with Crippen LogP contribution in [0.4, 0.5) is 10.1 Å². The zero-order valence-electron chi connectivity index (χ0n) is 8.75. The number of hydrogen-bond acceptors (Lipinski definition) is 2. The molecular formula is C12H12FNO2. The molecule has 3 nitrogen and oxygen atoms in total. The van der Waals surface area contributed by atoms with Gasteiger partial charge in [-0.3, -0.25) is 4.79 Å². The van der Waals surface area contributed by atoms with E-state index in [4.69, 9.17) is 4.74 Å². The number of halogens is 1. The van der Waals surface area contributed by atoms with Crippen LogP contribution < -0.4 is 10.1 Å². The van der Waals surface area contributed by atoms with Crippen LogP contribution in [0.5, 0.6) is 5.75 Å². The van der Waals surface area contributed by atoms with E-state index in [2.05, 4.69) is 5.32 Å². The molecule has 0 saturated heterocycles. The number of anilines is 1. The van der Waals surface area contributed by atoms with Crippen molar-refractivity contribution in [3.05, 3.63) is 24.0 Å². The van der Waals surface area contributed by atoms with Crippen LogP contribution in [-0.2, 0) is 4.79 Å². The third-order valence-corrected chi connectivity index (χ3v) is 3.49. The molecule has 4 heteroatoms. The minimum Gasteiger partial charge on any atom is -0.490 e. The van der Waals surface area contributed by atoms with Crippen molar-refractivity contribution in [2.24, 2.45) is 5.41 Å². The maximum absolute atomic E-state index is 13.0. The number of fused-ring (bicyclic) bond motifs is 1. The second-order valence-corrected chi connectivity index (χ2v) is 4.52. The van der Waals surface area contributed by atoms with Crippen LogP contribution in [0.15, 0.2) is 18.2 Å². The van der Waals surface area contributed by atoms with E-state index in [0.717, 1.165) is 19.3 Å². The molecule has 1 aromatic rings. The summed E-state index contributed by atoms with van der Waals surface area (Å²) in [5.74, 6) is 0.0822. The van der Waals surface area contributed by atoms with Gasteiger partial charge in [-0.2, -0.15) is 0 Å². The van der Waals surface area contributed by atoms with Crippen molar-refractivity contribution in [2.75, 3.05) is 11.9 Å². The number of rotatable bonds is 0. The fourth-order valence-corrected chi connectivity index (χ4v) is 2.23. The van der Waals surface area contributed by atoms with E-state index in [1.807, 2.05) is 0 Å². The maximum atomic E-state index is 13.0. The molecule has 1 aliphatic heterocycles. The Morgan fingerprint density at radius 3 is 2.88 bits per heavy atom. The molecule has 0 atom stereocenters. The molecule has 0 radical (unpaired) electrons. The summed E-state index contributed by atoms with van der Waals surface area (Å²) >= 11 is 0. The molecule has 84 valence electrons. The molecule has 1 fully saturated rings. The highest BCUT2D eigenvalue weighted by Crippen LogP contribution is 2.45. The molecule has 1 heterocycles. The highest BCUT2D eigenvalue weighted by atomic mass is 19.1. The van der Waals surface area contributed by atoms with Crippen LogP contribution in [0.25, 0.3) is 0 Å². The first kappa shape index (κ1) is 9.63. The second kappa shape index (κ2) is 3.20. The first-order valence-electron chi connectivity index (χ1n) is 5.43. The summed E-state index contributed by atoms with van der Waals surface area (Å²) in [6, 6.07) is 4.18. The monoisotopic (exact) mass is 221 g/mol. The molecule has 1 N–H and O–H groups in total. The Kier molecular flexibility index (Phi) is 1.93. The zero-order valence-corrected chi connectivity index (χ0v) is 8.75. The fourth-order valence-electron chi connectivity index (χ4n) is 2.23. The molecule has 1 amide bonds. The van der Waals surface area contributed by atoms with Gasteiger partial charge >= 0.3 is 0 Å². The van der Waals surface area contributed by atoms with E-state index in [1.54, 1.807) is 6.07 Å². The second-order valence-electron chi connectivity index (χ2n) is 4.52. The van der Waals surface area contributed by atoms with Gasteiger partial charge in [-0.25, -0.2) is 4.39 Å². The molecule has 1 saturated carbocycles. The number of ether oxygens (including phenoxy) is 1. The van der Waals surface area contributed by atoms with Gasteiger partial charge in [0, 0.05) is 6.07 Å². The van der Waals surface area contributed by atoms with Gasteiger partial charge in [0.15, 0.2) is 0 Å². The Hall–Kier alpha value is -1.58. The van der Waals surface area contributed by atoms with Crippen molar-refractivity contribution in [3.8, 4) is 5.75 Å². The summed E-state index contributed by atoms with van der Waals surface area (Å²) in [5.41, 5.74) is 0.186. The number of carbonyl (C=O) groups excluding carboxylic acids is 1. The van der Waals surface area contributed by atoms with Gasteiger partial charge in [0.2, 0.25) is 5.91 Å². The number of amides is 1. The maximum Gasteiger partial charge on any atom is 0.234 e. The van der Waals surface area contributed by atoms with Crippen molar-refractivity contribution in [3.63, 3.8) is 0 Å². The average molecular weight is 221 g/mol. The van der Waals surface area contributed by atoms with Crippen molar-refractivity contribution in [2.45, 2.75) is 19.3 Å². The van der Waals surface area contributed by atoms with Crippen LogP contribution in [0.1, 0.15) is 19.3 Å². The van der Waals surface area contributed by atoms with Crippen molar-refractivity contribution >= 4 is 11.6 Å². The normalized spacial score (nSPS) is 21.4. The Balaban J connectivity index is 1.96. The fraction of sp³-hybridized carbons (Fsp3) is 0.417. The molecule has 1 aromatic carbocycles. The van der Waals surface area contributed by atoms with E-state index in [-0.39, 0.29) is 17.1 Å². The summed E-state index contributed by atoms with van der Waals surface area (Å²) < 4.78 is 18.6. The predicted molar refractivity (Wildman–Crippen MR) is 56.8 cm³/mol. The number of hydrogen-bond donors (Lipinski definition) is 1. The van der Waals surface area contributed by atoms with Gasteiger partial charge < -0.3 is 10.1 Å². The zero-order chi connectivity index (χ0) is 11.2. The number of benzene rings is 1. The van der Waals surface area contributed by atoms with E-state index < -0.39 is 0 Å². The van der Waals surface area contributed by atoms with Crippen LogP contribution in [-0.4, -0.2) is 12.5 Å². The Labute approximate surface area is 92.6 Å². The first-order chi connectivity index (χ1) is 7.70. The summed E-state index contributed by atoms with van der Waals surface area (Å²) in [5, 5.41) is 2.81. The lowest BCUT2D eigenvalue weighted by Gasteiger charge is -2.37. The lowest BCUT2D eigenvalue weighted by Crippen LogP contribution is -2.45. The van der Waals surface area contributed by atoms with E-state index >= 15 is 0 Å². The minimum atomic E-state index is -0.379. The molecular weight excluding hydrogens is 209 g/mol. The van der Waals surface area contributed by atoms with Gasteiger partial charge in [-0.15, -0.1) is 0 Å². The summed E-state index contributed by atoms with van der Waals surface area (Å²) in [6.07, 6.45) is 2.77. The highest BCUT2D eigenvalue weighted by molar-refractivity contribution is 5.97. The SMILES string of the molecule is O=C1Nc2ccc(F)cc2OCC12CCC2. The van der Waals surface area contributed by atoms with Crippen LogP contribution in [0.3, 0.4) is 0 Å². The van der Waals surface area contributed by atoms with Crippen LogP contribution >= 0.6 is 0 Å². The summed E-state index contributed by atoms with van der Waals surface area (Å²) in [6.45, 7) is 0.356. The Bertz CT molecular complexity index is 454. The Morgan fingerprint density at radius 2 is 2.19 bits per heavy atom. The van der Waals surface area contributed by atoms with Crippen molar-refractivity contribution < 1.29 is 13.9 Å². The quantitative estimate of drug-likeness (QED) is 0.730. The highest BCUT2D eigenvalue weighted by Gasteiger charge is 2.46.